The number of hydrogen-bond acceptors (Lipinski definition) is 9. The Labute approximate surface area is 277 Å². The summed E-state index contributed by atoms with van der Waals surface area (Å²) in [6.45, 7) is 4.04. The van der Waals surface area contributed by atoms with Gasteiger partial charge in [-0.1, -0.05) is 30.3 Å². The van der Waals surface area contributed by atoms with Gasteiger partial charge in [-0.25, -0.2) is 4.98 Å². The van der Waals surface area contributed by atoms with Crippen LogP contribution < -0.4 is 29.7 Å². The van der Waals surface area contributed by atoms with E-state index in [-0.39, 0.29) is 25.0 Å². The third-order valence-electron chi connectivity index (χ3n) is 7.77. The molecule has 4 aromatic rings. The Morgan fingerprint density at radius 2 is 1.83 bits per heavy atom. The molecule has 2 atom stereocenters. The number of nitriles is 1. The number of anilines is 1. The fraction of sp³-hybridized carbons (Fsp3) is 0.250. The van der Waals surface area contributed by atoms with Crippen molar-refractivity contribution in [3.8, 4) is 34.4 Å². The van der Waals surface area contributed by atoms with E-state index in [1.807, 2.05) is 60.4 Å². The van der Waals surface area contributed by atoms with Gasteiger partial charge in [0.05, 0.1) is 19.7 Å². The largest absolute Gasteiger partial charge is 0.493 e. The number of carboxylic acids is 1. The molecule has 1 saturated heterocycles. The maximum absolute atomic E-state index is 13.7. The van der Waals surface area contributed by atoms with Crippen molar-refractivity contribution >= 4 is 23.6 Å². The molecule has 48 heavy (non-hydrogen) atoms. The monoisotopic (exact) mass is 649 g/mol. The molecule has 4 heterocycles. The summed E-state index contributed by atoms with van der Waals surface area (Å²) in [4.78, 5) is 41.8. The molecule has 12 nitrogen and oxygen atoms in total. The van der Waals surface area contributed by atoms with Crippen LogP contribution in [-0.4, -0.2) is 66.8 Å². The lowest BCUT2D eigenvalue weighted by atomic mass is 9.97. The van der Waals surface area contributed by atoms with Crippen LogP contribution in [0.25, 0.3) is 11.1 Å². The Hall–Kier alpha value is -6.09. The Kier molecular flexibility index (Phi) is 10.4. The fourth-order valence-corrected chi connectivity index (χ4v) is 5.44. The van der Waals surface area contributed by atoms with Gasteiger partial charge < -0.3 is 34.9 Å². The van der Waals surface area contributed by atoms with Crippen molar-refractivity contribution < 1.29 is 33.7 Å². The first-order valence-electron chi connectivity index (χ1n) is 15.2. The number of nitrogens with one attached hydrogen (secondary N) is 2. The maximum Gasteiger partial charge on any atom is 0.300 e. The molecule has 0 spiro atoms. The number of rotatable bonds is 2. The van der Waals surface area contributed by atoms with Crippen molar-refractivity contribution in [2.75, 3.05) is 31.7 Å². The van der Waals surface area contributed by atoms with Crippen molar-refractivity contribution in [2.45, 2.75) is 32.5 Å². The average molecular weight is 650 g/mol. The van der Waals surface area contributed by atoms with Crippen LogP contribution >= 0.6 is 0 Å². The van der Waals surface area contributed by atoms with Gasteiger partial charge in [0, 0.05) is 25.6 Å². The molecule has 6 bridgehead atoms. The molecular weight excluding hydrogens is 614 g/mol. The third kappa shape index (κ3) is 8.19. The van der Waals surface area contributed by atoms with Crippen molar-refractivity contribution in [2.24, 2.45) is 0 Å². The zero-order valence-electron chi connectivity index (χ0n) is 26.7. The molecule has 0 radical (unpaired) electrons. The summed E-state index contributed by atoms with van der Waals surface area (Å²) in [5.41, 5.74) is 4.36. The summed E-state index contributed by atoms with van der Waals surface area (Å²) in [5.74, 6) is 0.829. The van der Waals surface area contributed by atoms with Crippen LogP contribution in [0.2, 0.25) is 0 Å². The molecule has 1 aromatic heterocycles. The van der Waals surface area contributed by atoms with E-state index in [4.69, 9.17) is 24.1 Å². The number of hydrogen-bond donors (Lipinski definition) is 3. The highest BCUT2D eigenvalue weighted by atomic mass is 16.5. The minimum atomic E-state index is -0.833. The predicted molar refractivity (Wildman–Crippen MR) is 177 cm³/mol. The van der Waals surface area contributed by atoms with Gasteiger partial charge >= 0.3 is 0 Å². The first kappa shape index (κ1) is 33.3. The molecule has 2 amide bonds. The van der Waals surface area contributed by atoms with Crippen LogP contribution in [0.1, 0.15) is 34.1 Å². The molecule has 0 saturated carbocycles. The molecular formula is C36H35N5O7. The van der Waals surface area contributed by atoms with Gasteiger partial charge in [-0.2, -0.15) is 5.26 Å². The van der Waals surface area contributed by atoms with Gasteiger partial charge in [-0.3, -0.25) is 14.4 Å². The number of ether oxygens (including phenoxy) is 3. The average Bonchev–Trinajstić information content (AvgIpc) is 3.48. The van der Waals surface area contributed by atoms with E-state index in [0.717, 1.165) is 29.2 Å². The van der Waals surface area contributed by atoms with E-state index in [9.17, 15) is 14.9 Å². The standard InChI is InChI=1S/C34H31N5O5.C2H4O2/c1-21-9-11-24-15-27(21)23-5-3-7-26(14-23)43-20-33(40)36-17-22-10-12-29(30(13-22)42-2)44-31-19-39(18-28(31)38-34(24)41)32-8-4-6-25(16-35)37-32;1-2(3)4/h3-15,28,31H,17-20H2,1-2H3,(H,36,40)(H,38,41);1H3,(H,3,4)/t28-,31-;/m0./s1. The van der Waals surface area contributed by atoms with Crippen LogP contribution in [-0.2, 0) is 16.1 Å². The number of pyridine rings is 1. The lowest BCUT2D eigenvalue weighted by Crippen LogP contribution is -2.45. The Bertz CT molecular complexity index is 1870. The molecule has 0 aliphatic carbocycles. The highest BCUT2D eigenvalue weighted by molar-refractivity contribution is 5.96. The van der Waals surface area contributed by atoms with Crippen LogP contribution in [0.4, 0.5) is 5.82 Å². The molecule has 7 rings (SSSR count). The van der Waals surface area contributed by atoms with Crippen LogP contribution in [0, 0.1) is 18.3 Å². The highest BCUT2D eigenvalue weighted by Crippen LogP contribution is 2.32. The first-order valence-corrected chi connectivity index (χ1v) is 15.2. The Morgan fingerprint density at radius 3 is 2.60 bits per heavy atom. The topological polar surface area (TPSA) is 163 Å². The van der Waals surface area contributed by atoms with Gasteiger partial charge in [0.2, 0.25) is 0 Å². The van der Waals surface area contributed by atoms with E-state index in [2.05, 4.69) is 21.7 Å². The van der Waals surface area contributed by atoms with Crippen molar-refractivity contribution in [3.63, 3.8) is 0 Å². The Morgan fingerprint density at radius 1 is 1.04 bits per heavy atom. The number of aromatic nitrogens is 1. The number of aliphatic carboxylic acids is 1. The minimum Gasteiger partial charge on any atom is -0.493 e. The zero-order valence-corrected chi connectivity index (χ0v) is 26.7. The van der Waals surface area contributed by atoms with Crippen LogP contribution in [0.5, 0.6) is 17.2 Å². The number of methoxy groups -OCH3 is 1. The lowest BCUT2D eigenvalue weighted by molar-refractivity contribution is -0.134. The van der Waals surface area contributed by atoms with E-state index < -0.39 is 18.1 Å². The number of carboxylic acid groups (broad SMARTS) is 1. The molecule has 246 valence electrons. The first-order chi connectivity index (χ1) is 23.1. The number of aryl methyl sites for hydroxylation is 1. The molecule has 3 aliphatic rings. The van der Waals surface area contributed by atoms with Crippen LogP contribution in [0.15, 0.2) is 78.9 Å². The van der Waals surface area contributed by atoms with Crippen molar-refractivity contribution in [1.29, 1.82) is 5.26 Å². The molecule has 12 heteroatoms. The highest BCUT2D eigenvalue weighted by Gasteiger charge is 2.37. The van der Waals surface area contributed by atoms with E-state index in [1.165, 1.54) is 0 Å². The second kappa shape index (κ2) is 15.0. The second-order valence-corrected chi connectivity index (χ2v) is 11.3. The fourth-order valence-electron chi connectivity index (χ4n) is 5.44. The van der Waals surface area contributed by atoms with Crippen molar-refractivity contribution in [3.05, 3.63) is 101 Å². The molecule has 3 aliphatic heterocycles. The summed E-state index contributed by atoms with van der Waals surface area (Å²) >= 11 is 0. The van der Waals surface area contributed by atoms with Gasteiger partial charge in [0.25, 0.3) is 17.8 Å². The predicted octanol–water partition coefficient (Wildman–Crippen LogP) is 4.10. The van der Waals surface area contributed by atoms with Gasteiger partial charge in [0.1, 0.15) is 29.4 Å². The van der Waals surface area contributed by atoms with E-state index in [0.29, 0.717) is 47.4 Å². The number of carbonyl (C=O) groups excluding carboxylic acids is 2. The van der Waals surface area contributed by atoms with Crippen molar-refractivity contribution in [1.82, 2.24) is 15.6 Å². The third-order valence-corrected chi connectivity index (χ3v) is 7.77. The zero-order chi connectivity index (χ0) is 34.2. The smallest absolute Gasteiger partial charge is 0.300 e. The number of carbonyl (C=O) groups is 3. The minimum absolute atomic E-state index is 0.144. The van der Waals surface area contributed by atoms with E-state index in [1.54, 1.807) is 37.4 Å². The summed E-state index contributed by atoms with van der Waals surface area (Å²) in [6, 6.07) is 25.4. The maximum atomic E-state index is 13.7. The summed E-state index contributed by atoms with van der Waals surface area (Å²) < 4.78 is 17.9. The van der Waals surface area contributed by atoms with Gasteiger partial charge in [-0.05, 0) is 77.7 Å². The summed E-state index contributed by atoms with van der Waals surface area (Å²) in [7, 11) is 1.55. The van der Waals surface area contributed by atoms with Gasteiger partial charge in [-0.15, -0.1) is 0 Å². The summed E-state index contributed by atoms with van der Waals surface area (Å²) in [5, 5.41) is 22.9. The molecule has 3 N–H and O–H groups in total. The van der Waals surface area contributed by atoms with Gasteiger partial charge in [0.15, 0.2) is 18.1 Å². The molecule has 3 aromatic carbocycles. The number of nitrogens with zero attached hydrogens (tertiary/aromatic N) is 3. The summed E-state index contributed by atoms with van der Waals surface area (Å²) in [6.07, 6.45) is -0.463. The number of fused-ring (bicyclic) bond motifs is 7. The molecule has 1 fully saturated rings. The quantitative estimate of drug-likeness (QED) is 0.288. The number of amides is 2. The number of benzene rings is 3. The SMILES string of the molecule is CC(=O)O.COc1cc2ccc1O[C@H]1CN(c3cccc(C#N)n3)C[C@@H]1NC(=O)c1ccc(C)c(c1)-c1cccc(c1)OCC(=O)NC2. The molecule has 0 unspecified atom stereocenters. The normalized spacial score (nSPS) is 17.2. The van der Waals surface area contributed by atoms with E-state index >= 15 is 0 Å². The second-order valence-electron chi connectivity index (χ2n) is 11.3. The Balaban J connectivity index is 0.00000107. The lowest BCUT2D eigenvalue weighted by Gasteiger charge is -2.23. The van der Waals surface area contributed by atoms with Crippen LogP contribution in [0.3, 0.4) is 0 Å².